The highest BCUT2D eigenvalue weighted by molar-refractivity contribution is 5.97. The SMILES string of the molecule is CCCC(=O)Nc1cc2c(Oc3ccc(NC(=O)CCCc4ccc(C)cc4)cc3F)ncnc2cc1OC. The van der Waals surface area contributed by atoms with Crippen molar-refractivity contribution in [3.63, 3.8) is 0 Å². The van der Waals surface area contributed by atoms with E-state index < -0.39 is 5.82 Å². The van der Waals surface area contributed by atoms with Gasteiger partial charge in [-0.2, -0.15) is 0 Å². The molecule has 0 atom stereocenters. The van der Waals surface area contributed by atoms with Crippen LogP contribution < -0.4 is 20.1 Å². The number of carbonyl (C=O) groups excluding carboxylic acids is 2. The minimum Gasteiger partial charge on any atom is -0.494 e. The standard InChI is InChI=1S/C30H31FN4O4/c1-4-6-28(36)35-25-16-22-24(17-27(25)38-3)32-18-33-30(22)39-26-14-13-21(15-23(26)31)34-29(37)8-5-7-20-11-9-19(2)10-12-20/h9-18H,4-8H2,1-3H3,(H,34,37)(H,35,36). The van der Waals surface area contributed by atoms with Gasteiger partial charge in [-0.3, -0.25) is 9.59 Å². The molecule has 0 aliphatic heterocycles. The van der Waals surface area contributed by atoms with Crippen molar-refractivity contribution in [1.82, 2.24) is 9.97 Å². The Morgan fingerprint density at radius 3 is 2.41 bits per heavy atom. The molecule has 4 aromatic rings. The summed E-state index contributed by atoms with van der Waals surface area (Å²) in [5.74, 6) is -0.539. The molecule has 0 saturated carbocycles. The molecule has 4 rings (SSSR count). The lowest BCUT2D eigenvalue weighted by Crippen LogP contribution is -2.12. The molecule has 8 nitrogen and oxygen atoms in total. The van der Waals surface area contributed by atoms with Gasteiger partial charge in [-0.15, -0.1) is 0 Å². The molecule has 0 fully saturated rings. The third-order valence-electron chi connectivity index (χ3n) is 6.08. The van der Waals surface area contributed by atoms with Crippen LogP contribution in [-0.2, 0) is 16.0 Å². The Kier molecular flexibility index (Phi) is 9.04. The van der Waals surface area contributed by atoms with Gasteiger partial charge in [0.25, 0.3) is 0 Å². The monoisotopic (exact) mass is 530 g/mol. The molecule has 0 radical (unpaired) electrons. The first kappa shape index (κ1) is 27.5. The zero-order valence-electron chi connectivity index (χ0n) is 22.2. The number of nitrogens with one attached hydrogen (secondary N) is 2. The van der Waals surface area contributed by atoms with Crippen LogP contribution in [0, 0.1) is 12.7 Å². The summed E-state index contributed by atoms with van der Waals surface area (Å²) in [7, 11) is 1.50. The Hall–Kier alpha value is -4.53. The summed E-state index contributed by atoms with van der Waals surface area (Å²) in [5, 5.41) is 6.02. The molecule has 2 amide bonds. The fourth-order valence-electron chi connectivity index (χ4n) is 4.04. The van der Waals surface area contributed by atoms with E-state index in [2.05, 4.69) is 32.7 Å². The number of halogens is 1. The van der Waals surface area contributed by atoms with Gasteiger partial charge in [0.1, 0.15) is 12.1 Å². The van der Waals surface area contributed by atoms with Gasteiger partial charge in [0.15, 0.2) is 11.6 Å². The van der Waals surface area contributed by atoms with Crippen LogP contribution in [0.1, 0.15) is 43.7 Å². The van der Waals surface area contributed by atoms with Crippen LogP contribution in [0.2, 0.25) is 0 Å². The summed E-state index contributed by atoms with van der Waals surface area (Å²) in [5.41, 5.74) is 3.63. The van der Waals surface area contributed by atoms with E-state index >= 15 is 0 Å². The maximum absolute atomic E-state index is 15.0. The highest BCUT2D eigenvalue weighted by Gasteiger charge is 2.16. The smallest absolute Gasteiger partial charge is 0.230 e. The summed E-state index contributed by atoms with van der Waals surface area (Å²) < 4.78 is 26.1. The lowest BCUT2D eigenvalue weighted by Gasteiger charge is -2.14. The zero-order chi connectivity index (χ0) is 27.8. The first-order chi connectivity index (χ1) is 18.9. The van der Waals surface area contributed by atoms with Gasteiger partial charge in [0, 0.05) is 30.7 Å². The van der Waals surface area contributed by atoms with Crippen molar-refractivity contribution in [2.24, 2.45) is 0 Å². The number of aryl methyl sites for hydroxylation is 2. The lowest BCUT2D eigenvalue weighted by atomic mass is 10.1. The van der Waals surface area contributed by atoms with E-state index in [9.17, 15) is 14.0 Å². The van der Waals surface area contributed by atoms with E-state index in [0.29, 0.717) is 53.7 Å². The number of methoxy groups -OCH3 is 1. The Morgan fingerprint density at radius 1 is 0.923 bits per heavy atom. The maximum atomic E-state index is 15.0. The van der Waals surface area contributed by atoms with E-state index in [1.807, 2.05) is 26.0 Å². The Morgan fingerprint density at radius 2 is 1.69 bits per heavy atom. The summed E-state index contributed by atoms with van der Waals surface area (Å²) in [6, 6.07) is 15.7. The molecule has 3 aromatic carbocycles. The van der Waals surface area contributed by atoms with Crippen molar-refractivity contribution in [1.29, 1.82) is 0 Å². The van der Waals surface area contributed by atoms with Crippen LogP contribution in [0.3, 0.4) is 0 Å². The van der Waals surface area contributed by atoms with Crippen LogP contribution in [-0.4, -0.2) is 28.9 Å². The molecule has 1 heterocycles. The second-order valence-corrected chi connectivity index (χ2v) is 9.18. The average Bonchev–Trinajstić information content (AvgIpc) is 2.91. The maximum Gasteiger partial charge on any atom is 0.230 e. The van der Waals surface area contributed by atoms with E-state index in [-0.39, 0.29) is 23.4 Å². The summed E-state index contributed by atoms with van der Waals surface area (Å²) in [6.07, 6.45) is 4.15. The average molecular weight is 531 g/mol. The van der Waals surface area contributed by atoms with Crippen LogP contribution in [0.25, 0.3) is 10.9 Å². The van der Waals surface area contributed by atoms with Gasteiger partial charge in [0.2, 0.25) is 17.7 Å². The number of anilines is 2. The first-order valence-corrected chi connectivity index (χ1v) is 12.8. The van der Waals surface area contributed by atoms with E-state index in [1.165, 1.54) is 36.7 Å². The van der Waals surface area contributed by atoms with Crippen LogP contribution in [0.15, 0.2) is 60.9 Å². The number of rotatable bonds is 11. The predicted molar refractivity (Wildman–Crippen MR) is 149 cm³/mol. The molecule has 1 aromatic heterocycles. The number of carbonyl (C=O) groups is 2. The first-order valence-electron chi connectivity index (χ1n) is 12.8. The molecule has 0 unspecified atom stereocenters. The zero-order valence-corrected chi connectivity index (χ0v) is 22.2. The molecular formula is C30H31FN4O4. The van der Waals surface area contributed by atoms with E-state index in [0.717, 1.165) is 6.42 Å². The van der Waals surface area contributed by atoms with Gasteiger partial charge >= 0.3 is 0 Å². The highest BCUT2D eigenvalue weighted by atomic mass is 19.1. The van der Waals surface area contributed by atoms with Gasteiger partial charge in [-0.1, -0.05) is 36.8 Å². The normalized spacial score (nSPS) is 10.8. The molecule has 0 bridgehead atoms. The highest BCUT2D eigenvalue weighted by Crippen LogP contribution is 2.35. The van der Waals surface area contributed by atoms with Crippen molar-refractivity contribution in [3.05, 3.63) is 77.9 Å². The van der Waals surface area contributed by atoms with Crippen molar-refractivity contribution in [2.75, 3.05) is 17.7 Å². The number of hydrogen-bond acceptors (Lipinski definition) is 6. The summed E-state index contributed by atoms with van der Waals surface area (Å²) >= 11 is 0. The van der Waals surface area contributed by atoms with Gasteiger partial charge in [-0.25, -0.2) is 14.4 Å². The Bertz CT molecular complexity index is 1470. The third-order valence-corrected chi connectivity index (χ3v) is 6.08. The summed E-state index contributed by atoms with van der Waals surface area (Å²) in [4.78, 5) is 32.9. The Labute approximate surface area is 226 Å². The van der Waals surface area contributed by atoms with Crippen LogP contribution in [0.5, 0.6) is 17.4 Å². The number of fused-ring (bicyclic) bond motifs is 1. The van der Waals surface area contributed by atoms with Crippen molar-refractivity contribution < 1.29 is 23.5 Å². The molecule has 0 saturated heterocycles. The molecule has 0 aliphatic carbocycles. The predicted octanol–water partition coefficient (Wildman–Crippen LogP) is 6.58. The molecular weight excluding hydrogens is 499 g/mol. The van der Waals surface area contributed by atoms with Crippen molar-refractivity contribution in [2.45, 2.75) is 46.0 Å². The largest absolute Gasteiger partial charge is 0.494 e. The van der Waals surface area contributed by atoms with E-state index in [4.69, 9.17) is 9.47 Å². The van der Waals surface area contributed by atoms with E-state index in [1.54, 1.807) is 18.2 Å². The number of nitrogens with zero attached hydrogens (tertiary/aromatic N) is 2. The molecule has 9 heteroatoms. The van der Waals surface area contributed by atoms with Crippen molar-refractivity contribution >= 4 is 34.1 Å². The topological polar surface area (TPSA) is 102 Å². The van der Waals surface area contributed by atoms with Gasteiger partial charge in [-0.05, 0) is 49.9 Å². The van der Waals surface area contributed by atoms with Gasteiger partial charge in [0.05, 0.1) is 23.7 Å². The number of ether oxygens (including phenoxy) is 2. The molecule has 202 valence electrons. The molecule has 0 aliphatic rings. The number of hydrogen-bond donors (Lipinski definition) is 2. The molecule has 39 heavy (non-hydrogen) atoms. The minimum atomic E-state index is -0.663. The second-order valence-electron chi connectivity index (χ2n) is 9.18. The second kappa shape index (κ2) is 12.8. The fraction of sp³-hybridized carbons (Fsp3) is 0.267. The van der Waals surface area contributed by atoms with Crippen LogP contribution >= 0.6 is 0 Å². The molecule has 0 spiro atoms. The number of benzene rings is 3. The summed E-state index contributed by atoms with van der Waals surface area (Å²) in [6.45, 7) is 3.95. The Balaban J connectivity index is 1.44. The number of aromatic nitrogens is 2. The van der Waals surface area contributed by atoms with Crippen LogP contribution in [0.4, 0.5) is 15.8 Å². The quantitative estimate of drug-likeness (QED) is 0.227. The molecule has 2 N–H and O–H groups in total. The third kappa shape index (κ3) is 7.28. The fourth-order valence-corrected chi connectivity index (χ4v) is 4.04. The van der Waals surface area contributed by atoms with Gasteiger partial charge < -0.3 is 20.1 Å². The lowest BCUT2D eigenvalue weighted by molar-refractivity contribution is -0.117. The number of amides is 2. The van der Waals surface area contributed by atoms with Crippen molar-refractivity contribution in [3.8, 4) is 17.4 Å². The minimum absolute atomic E-state index is 0.0697.